The highest BCUT2D eigenvalue weighted by Crippen LogP contribution is 2.21. The quantitative estimate of drug-likeness (QED) is 0.138. The molecule has 2 aromatic rings. The van der Waals surface area contributed by atoms with Crippen molar-refractivity contribution in [2.24, 2.45) is 23.5 Å². The van der Waals surface area contributed by atoms with E-state index in [0.29, 0.717) is 51.8 Å². The van der Waals surface area contributed by atoms with Crippen LogP contribution in [0.5, 0.6) is 0 Å². The molecule has 0 bridgehead atoms. The second-order valence-corrected chi connectivity index (χ2v) is 15.1. The molecule has 2 aliphatic rings. The third kappa shape index (κ3) is 14.0. The standard InChI is InChI=1S/C41H60N6O6/c1-28(2)21-36(46-39(50)31(22-29-11-6-4-7-12-29)24-37(48)35(42)23-30-13-8-5-9-14-30)38(49)25-32(26-53-27-34-15-10-18-44-34)40(51)47-19-16-33(17-20-47)45-41(52)43-3/h4-9,11-14,28,31-36,44H,10,15-27,42H2,1-3H3,(H,46,50)(H2,43,45,52)/t31-,32+,34-,35+,36+/m0/s1. The number of carbonyl (C=O) groups excluding carboxylic acids is 5. The number of ether oxygens (including phenoxy) is 1. The Kier molecular flexibility index (Phi) is 16.9. The normalized spacial score (nSPS) is 18.5. The van der Waals surface area contributed by atoms with Crippen molar-refractivity contribution in [1.82, 2.24) is 26.2 Å². The van der Waals surface area contributed by atoms with E-state index in [4.69, 9.17) is 10.5 Å². The van der Waals surface area contributed by atoms with Gasteiger partial charge in [-0.25, -0.2) is 4.79 Å². The molecule has 4 rings (SSSR count). The summed E-state index contributed by atoms with van der Waals surface area (Å²) >= 11 is 0. The fourth-order valence-corrected chi connectivity index (χ4v) is 7.18. The van der Waals surface area contributed by atoms with Crippen LogP contribution >= 0.6 is 0 Å². The predicted octanol–water partition coefficient (Wildman–Crippen LogP) is 3.17. The van der Waals surface area contributed by atoms with Crippen LogP contribution in [-0.2, 0) is 36.8 Å². The molecule has 4 amide bonds. The molecule has 5 atom stereocenters. The van der Waals surface area contributed by atoms with Gasteiger partial charge in [0.25, 0.3) is 0 Å². The van der Waals surface area contributed by atoms with Gasteiger partial charge in [-0.3, -0.25) is 19.2 Å². The Morgan fingerprint density at radius 3 is 2.08 bits per heavy atom. The summed E-state index contributed by atoms with van der Waals surface area (Å²) in [6, 6.07) is 17.4. The number of urea groups is 1. The third-order valence-corrected chi connectivity index (χ3v) is 10.2. The maximum absolute atomic E-state index is 14.2. The monoisotopic (exact) mass is 732 g/mol. The first-order valence-corrected chi connectivity index (χ1v) is 19.3. The van der Waals surface area contributed by atoms with Gasteiger partial charge >= 0.3 is 6.03 Å². The zero-order valence-electron chi connectivity index (χ0n) is 31.7. The summed E-state index contributed by atoms with van der Waals surface area (Å²) in [5, 5.41) is 11.9. The zero-order valence-corrected chi connectivity index (χ0v) is 31.7. The molecule has 2 fully saturated rings. The Morgan fingerprint density at radius 1 is 0.868 bits per heavy atom. The molecule has 12 nitrogen and oxygen atoms in total. The molecule has 0 saturated carbocycles. The van der Waals surface area contributed by atoms with E-state index in [9.17, 15) is 24.0 Å². The predicted molar refractivity (Wildman–Crippen MR) is 205 cm³/mol. The van der Waals surface area contributed by atoms with E-state index < -0.39 is 23.9 Å². The summed E-state index contributed by atoms with van der Waals surface area (Å²) in [7, 11) is 1.57. The lowest BCUT2D eigenvalue weighted by Gasteiger charge is -2.34. The second kappa shape index (κ2) is 21.5. The smallest absolute Gasteiger partial charge is 0.314 e. The molecule has 0 aromatic heterocycles. The van der Waals surface area contributed by atoms with Crippen LogP contribution in [0.4, 0.5) is 4.79 Å². The number of hydrogen-bond acceptors (Lipinski definition) is 8. The molecule has 290 valence electrons. The van der Waals surface area contributed by atoms with Crippen LogP contribution in [0.15, 0.2) is 60.7 Å². The van der Waals surface area contributed by atoms with Crippen molar-refractivity contribution in [2.75, 3.05) is 39.9 Å². The summed E-state index contributed by atoms with van der Waals surface area (Å²) in [6.45, 7) is 6.34. The van der Waals surface area contributed by atoms with Gasteiger partial charge in [-0.1, -0.05) is 74.5 Å². The van der Waals surface area contributed by atoms with Crippen LogP contribution in [0, 0.1) is 17.8 Å². The molecular weight excluding hydrogens is 672 g/mol. The molecular formula is C41H60N6O6. The minimum Gasteiger partial charge on any atom is -0.379 e. The van der Waals surface area contributed by atoms with Crippen molar-refractivity contribution in [3.63, 3.8) is 0 Å². The number of likely N-dealkylation sites (tertiary alicyclic amines) is 1. The molecule has 2 heterocycles. The topological polar surface area (TPSA) is 172 Å². The summed E-state index contributed by atoms with van der Waals surface area (Å²) in [4.78, 5) is 69.3. The van der Waals surface area contributed by atoms with E-state index in [2.05, 4.69) is 21.3 Å². The van der Waals surface area contributed by atoms with Gasteiger partial charge in [0, 0.05) is 51.0 Å². The average molecular weight is 733 g/mol. The number of Topliss-reactive ketones (excluding diaryl/α,β-unsaturated/α-hetero) is 2. The summed E-state index contributed by atoms with van der Waals surface area (Å²) in [5.74, 6) is -2.39. The molecule has 0 spiro atoms. The molecule has 0 radical (unpaired) electrons. The van der Waals surface area contributed by atoms with Gasteiger partial charge in [0.05, 0.1) is 31.2 Å². The summed E-state index contributed by atoms with van der Waals surface area (Å²) < 4.78 is 6.07. The lowest BCUT2D eigenvalue weighted by Crippen LogP contribution is -2.51. The lowest BCUT2D eigenvalue weighted by molar-refractivity contribution is -0.142. The van der Waals surface area contributed by atoms with Crippen LogP contribution in [0.1, 0.15) is 69.9 Å². The van der Waals surface area contributed by atoms with Crippen molar-refractivity contribution >= 4 is 29.4 Å². The number of amides is 4. The Morgan fingerprint density at radius 2 is 1.49 bits per heavy atom. The molecule has 2 aromatic carbocycles. The maximum atomic E-state index is 14.2. The minimum absolute atomic E-state index is 0.0435. The highest BCUT2D eigenvalue weighted by Gasteiger charge is 2.35. The minimum atomic E-state index is -0.844. The van der Waals surface area contributed by atoms with E-state index in [1.807, 2.05) is 74.5 Å². The number of nitrogens with one attached hydrogen (secondary N) is 4. The number of nitrogens with two attached hydrogens (primary N) is 1. The molecule has 12 heteroatoms. The van der Waals surface area contributed by atoms with Gasteiger partial charge in [-0.15, -0.1) is 0 Å². The molecule has 6 N–H and O–H groups in total. The number of hydrogen-bond donors (Lipinski definition) is 5. The Balaban J connectivity index is 1.46. The zero-order chi connectivity index (χ0) is 38.2. The van der Waals surface area contributed by atoms with Crippen LogP contribution in [-0.4, -0.2) is 98.4 Å². The van der Waals surface area contributed by atoms with Gasteiger partial charge in [0.1, 0.15) is 0 Å². The second-order valence-electron chi connectivity index (χ2n) is 15.1. The van der Waals surface area contributed by atoms with Gasteiger partial charge in [-0.2, -0.15) is 0 Å². The van der Waals surface area contributed by atoms with E-state index in [1.54, 1.807) is 11.9 Å². The number of ketones is 2. The van der Waals surface area contributed by atoms with Crippen molar-refractivity contribution in [1.29, 1.82) is 0 Å². The lowest BCUT2D eigenvalue weighted by atomic mass is 9.88. The summed E-state index contributed by atoms with van der Waals surface area (Å²) in [6.07, 6.45) is 4.19. The van der Waals surface area contributed by atoms with Crippen LogP contribution in [0.2, 0.25) is 0 Å². The third-order valence-electron chi connectivity index (χ3n) is 10.2. The van der Waals surface area contributed by atoms with Crippen LogP contribution < -0.4 is 27.0 Å². The highest BCUT2D eigenvalue weighted by atomic mass is 16.5. The Bertz CT molecular complexity index is 1460. The molecule has 53 heavy (non-hydrogen) atoms. The van der Waals surface area contributed by atoms with Gasteiger partial charge in [0.2, 0.25) is 11.8 Å². The largest absolute Gasteiger partial charge is 0.379 e. The molecule has 2 aliphatic heterocycles. The molecule has 0 aliphatic carbocycles. The first-order valence-electron chi connectivity index (χ1n) is 19.3. The van der Waals surface area contributed by atoms with Crippen molar-refractivity contribution in [2.45, 2.75) is 95.8 Å². The number of rotatable bonds is 20. The van der Waals surface area contributed by atoms with Crippen molar-refractivity contribution < 1.29 is 28.7 Å². The maximum Gasteiger partial charge on any atom is 0.314 e. The van der Waals surface area contributed by atoms with Crippen LogP contribution in [0.3, 0.4) is 0 Å². The van der Waals surface area contributed by atoms with Gasteiger partial charge < -0.3 is 36.6 Å². The number of benzene rings is 2. The fraction of sp³-hybridized carbons (Fsp3) is 0.585. The van der Waals surface area contributed by atoms with Gasteiger partial charge in [0.15, 0.2) is 11.6 Å². The van der Waals surface area contributed by atoms with Crippen molar-refractivity contribution in [3.8, 4) is 0 Å². The Labute approximate surface area is 314 Å². The Hall–Kier alpha value is -4.13. The van der Waals surface area contributed by atoms with E-state index in [1.165, 1.54) is 0 Å². The van der Waals surface area contributed by atoms with E-state index in [-0.39, 0.29) is 66.9 Å². The van der Waals surface area contributed by atoms with E-state index in [0.717, 1.165) is 30.5 Å². The first-order chi connectivity index (χ1) is 25.5. The highest BCUT2D eigenvalue weighted by molar-refractivity contribution is 5.95. The SMILES string of the molecule is CNC(=O)NC1CCN(C(=O)[C@@H](COC[C@@H]2CCCN2)CC(=O)[C@@H](CC(C)C)NC(=O)[C@H](CC(=O)[C@H](N)Cc2ccccc2)Cc2ccccc2)CC1. The molecule has 2 saturated heterocycles. The van der Waals surface area contributed by atoms with E-state index >= 15 is 0 Å². The number of nitrogens with zero attached hydrogens (tertiary/aromatic N) is 1. The van der Waals surface area contributed by atoms with Crippen molar-refractivity contribution in [3.05, 3.63) is 71.8 Å². The summed E-state index contributed by atoms with van der Waals surface area (Å²) in [5.41, 5.74) is 8.20. The first kappa shape index (κ1) is 41.6. The van der Waals surface area contributed by atoms with Gasteiger partial charge in [-0.05, 0) is 68.5 Å². The molecule has 0 unspecified atom stereocenters. The average Bonchev–Trinajstić information content (AvgIpc) is 3.68. The van der Waals surface area contributed by atoms with Crippen LogP contribution in [0.25, 0.3) is 0 Å². The number of carbonyl (C=O) groups is 5. The number of piperidine rings is 1. The fourth-order valence-electron chi connectivity index (χ4n) is 7.18.